The van der Waals surface area contributed by atoms with E-state index in [1.54, 1.807) is 6.07 Å². The van der Waals surface area contributed by atoms with Crippen molar-refractivity contribution in [3.8, 4) is 0 Å². The van der Waals surface area contributed by atoms with Gasteiger partial charge < -0.3 is 10.2 Å². The monoisotopic (exact) mass is 344 g/mol. The summed E-state index contributed by atoms with van der Waals surface area (Å²) >= 11 is 5.97. The lowest BCUT2D eigenvalue weighted by molar-refractivity contribution is 0.0949. The maximum absolute atomic E-state index is 12.4. The van der Waals surface area contributed by atoms with Gasteiger partial charge in [-0.1, -0.05) is 23.7 Å². The van der Waals surface area contributed by atoms with Crippen molar-refractivity contribution in [2.75, 3.05) is 24.5 Å². The topological polar surface area (TPSA) is 58.1 Å². The number of anilines is 1. The van der Waals surface area contributed by atoms with Crippen LogP contribution in [-0.4, -0.2) is 35.5 Å². The van der Waals surface area contributed by atoms with E-state index in [2.05, 4.69) is 20.2 Å². The lowest BCUT2D eigenvalue weighted by atomic mass is 10.1. The average Bonchev–Trinajstić information content (AvgIpc) is 3.09. The Bertz CT molecular complexity index is 729. The van der Waals surface area contributed by atoms with Crippen LogP contribution < -0.4 is 10.2 Å². The Balaban J connectivity index is 1.62. The first kappa shape index (κ1) is 16.7. The predicted molar refractivity (Wildman–Crippen MR) is 95.7 cm³/mol. The van der Waals surface area contributed by atoms with Gasteiger partial charge in [0.2, 0.25) is 5.95 Å². The number of aromatic nitrogens is 2. The third-order valence-corrected chi connectivity index (χ3v) is 4.29. The Hall–Kier alpha value is -2.14. The molecule has 0 bridgehead atoms. The number of amides is 1. The summed E-state index contributed by atoms with van der Waals surface area (Å²) in [7, 11) is 0. The number of nitrogens with one attached hydrogen (secondary N) is 1. The molecule has 2 aromatic rings. The second-order valence-corrected chi connectivity index (χ2v) is 6.46. The molecule has 0 saturated carbocycles. The van der Waals surface area contributed by atoms with Crippen LogP contribution in [0.2, 0.25) is 5.02 Å². The molecule has 1 amide bonds. The molecule has 2 heterocycles. The number of carbonyl (C=O) groups is 1. The van der Waals surface area contributed by atoms with Crippen molar-refractivity contribution in [3.63, 3.8) is 0 Å². The van der Waals surface area contributed by atoms with Crippen LogP contribution in [0, 0.1) is 6.92 Å². The van der Waals surface area contributed by atoms with Crippen molar-refractivity contribution in [1.82, 2.24) is 15.3 Å². The van der Waals surface area contributed by atoms with Gasteiger partial charge in [-0.15, -0.1) is 0 Å². The van der Waals surface area contributed by atoms with E-state index in [-0.39, 0.29) is 5.91 Å². The molecular formula is C18H21ClN4O. The Morgan fingerprint density at radius 2 is 2.04 bits per heavy atom. The number of aryl methyl sites for hydroxylation is 1. The van der Waals surface area contributed by atoms with Gasteiger partial charge in [0, 0.05) is 30.4 Å². The van der Waals surface area contributed by atoms with Crippen LogP contribution in [0.3, 0.4) is 0 Å². The summed E-state index contributed by atoms with van der Waals surface area (Å²) in [5, 5.41) is 3.63. The highest BCUT2D eigenvalue weighted by atomic mass is 35.5. The Morgan fingerprint density at radius 3 is 2.79 bits per heavy atom. The molecule has 126 valence electrons. The van der Waals surface area contributed by atoms with E-state index in [0.717, 1.165) is 43.6 Å². The summed E-state index contributed by atoms with van der Waals surface area (Å²) in [5.74, 6) is 0.496. The van der Waals surface area contributed by atoms with E-state index >= 15 is 0 Å². The molecule has 5 nitrogen and oxygen atoms in total. The maximum atomic E-state index is 12.4. The molecule has 1 fully saturated rings. The van der Waals surface area contributed by atoms with Gasteiger partial charge in [-0.2, -0.15) is 0 Å². The van der Waals surface area contributed by atoms with Crippen molar-refractivity contribution in [2.24, 2.45) is 0 Å². The van der Waals surface area contributed by atoms with E-state index in [0.29, 0.717) is 23.2 Å². The van der Waals surface area contributed by atoms with Crippen molar-refractivity contribution < 1.29 is 4.79 Å². The van der Waals surface area contributed by atoms with E-state index in [1.807, 2.05) is 31.2 Å². The minimum atomic E-state index is -0.164. The van der Waals surface area contributed by atoms with Gasteiger partial charge in [0.15, 0.2) is 0 Å². The van der Waals surface area contributed by atoms with Gasteiger partial charge in [-0.05, 0) is 49.9 Å². The van der Waals surface area contributed by atoms with Gasteiger partial charge in [0.05, 0.1) is 0 Å². The summed E-state index contributed by atoms with van der Waals surface area (Å²) in [4.78, 5) is 23.4. The normalized spacial score (nSPS) is 14.0. The number of benzene rings is 1. The predicted octanol–water partition coefficient (Wildman–Crippen LogP) is 3.01. The summed E-state index contributed by atoms with van der Waals surface area (Å²) in [6.45, 7) is 4.35. The quantitative estimate of drug-likeness (QED) is 0.905. The smallest absolute Gasteiger partial charge is 0.270 e. The number of hydrogen-bond donors (Lipinski definition) is 1. The lowest BCUT2D eigenvalue weighted by Gasteiger charge is -2.16. The van der Waals surface area contributed by atoms with Crippen LogP contribution in [0.25, 0.3) is 0 Å². The van der Waals surface area contributed by atoms with Gasteiger partial charge >= 0.3 is 0 Å². The molecule has 3 rings (SSSR count). The zero-order chi connectivity index (χ0) is 16.9. The van der Waals surface area contributed by atoms with Crippen molar-refractivity contribution in [3.05, 3.63) is 52.3 Å². The molecule has 0 unspecified atom stereocenters. The first-order valence-electron chi connectivity index (χ1n) is 8.25. The standard InChI is InChI=1S/C18H21ClN4O/c1-13-11-16(22-18(21-13)23-9-2-3-10-23)17(24)20-8-7-14-5-4-6-15(19)12-14/h4-6,11-12H,2-3,7-10H2,1H3,(H,20,24). The first-order valence-corrected chi connectivity index (χ1v) is 8.63. The Morgan fingerprint density at radius 1 is 1.25 bits per heavy atom. The first-order chi connectivity index (χ1) is 11.6. The highest BCUT2D eigenvalue weighted by Crippen LogP contribution is 2.16. The van der Waals surface area contributed by atoms with E-state index in [1.165, 1.54) is 0 Å². The summed E-state index contributed by atoms with van der Waals surface area (Å²) in [5.41, 5.74) is 2.34. The van der Waals surface area contributed by atoms with Crippen LogP contribution in [0.5, 0.6) is 0 Å². The van der Waals surface area contributed by atoms with Gasteiger partial charge in [0.25, 0.3) is 5.91 Å². The fourth-order valence-corrected chi connectivity index (χ4v) is 3.04. The lowest BCUT2D eigenvalue weighted by Crippen LogP contribution is -2.28. The minimum absolute atomic E-state index is 0.164. The van der Waals surface area contributed by atoms with Crippen LogP contribution >= 0.6 is 11.6 Å². The van der Waals surface area contributed by atoms with Crippen LogP contribution in [0.15, 0.2) is 30.3 Å². The number of carbonyl (C=O) groups excluding carboxylic acids is 1. The van der Waals surface area contributed by atoms with Crippen molar-refractivity contribution >= 4 is 23.5 Å². The molecule has 1 aromatic heterocycles. The van der Waals surface area contributed by atoms with Crippen LogP contribution in [0.4, 0.5) is 5.95 Å². The van der Waals surface area contributed by atoms with Gasteiger partial charge in [-0.3, -0.25) is 4.79 Å². The van der Waals surface area contributed by atoms with Gasteiger partial charge in [-0.25, -0.2) is 9.97 Å². The molecule has 0 spiro atoms. The molecule has 0 aliphatic carbocycles. The Kier molecular flexibility index (Phi) is 5.30. The summed E-state index contributed by atoms with van der Waals surface area (Å²) in [6, 6.07) is 9.39. The van der Waals surface area contributed by atoms with E-state index in [9.17, 15) is 4.79 Å². The SMILES string of the molecule is Cc1cc(C(=O)NCCc2cccc(Cl)c2)nc(N2CCCC2)n1. The third kappa shape index (κ3) is 4.23. The maximum Gasteiger partial charge on any atom is 0.270 e. The number of hydrogen-bond acceptors (Lipinski definition) is 4. The number of halogens is 1. The molecule has 1 aromatic carbocycles. The third-order valence-electron chi connectivity index (χ3n) is 4.05. The highest BCUT2D eigenvalue weighted by molar-refractivity contribution is 6.30. The van der Waals surface area contributed by atoms with Crippen molar-refractivity contribution in [2.45, 2.75) is 26.2 Å². The molecule has 1 saturated heterocycles. The zero-order valence-electron chi connectivity index (χ0n) is 13.8. The molecule has 1 aliphatic heterocycles. The molecule has 0 radical (unpaired) electrons. The molecule has 6 heteroatoms. The van der Waals surface area contributed by atoms with Gasteiger partial charge in [0.1, 0.15) is 5.69 Å². The molecular weight excluding hydrogens is 324 g/mol. The molecule has 1 aliphatic rings. The fraction of sp³-hybridized carbons (Fsp3) is 0.389. The molecule has 1 N–H and O–H groups in total. The van der Waals surface area contributed by atoms with E-state index < -0.39 is 0 Å². The average molecular weight is 345 g/mol. The number of nitrogens with zero attached hydrogens (tertiary/aromatic N) is 3. The number of rotatable bonds is 5. The summed E-state index contributed by atoms with van der Waals surface area (Å²) < 4.78 is 0. The van der Waals surface area contributed by atoms with Crippen LogP contribution in [0.1, 0.15) is 34.6 Å². The van der Waals surface area contributed by atoms with Crippen LogP contribution in [-0.2, 0) is 6.42 Å². The van der Waals surface area contributed by atoms with Crippen molar-refractivity contribution in [1.29, 1.82) is 0 Å². The summed E-state index contributed by atoms with van der Waals surface area (Å²) in [6.07, 6.45) is 3.03. The Labute approximate surface area is 147 Å². The molecule has 24 heavy (non-hydrogen) atoms. The zero-order valence-corrected chi connectivity index (χ0v) is 14.5. The fourth-order valence-electron chi connectivity index (χ4n) is 2.83. The largest absolute Gasteiger partial charge is 0.350 e. The minimum Gasteiger partial charge on any atom is -0.350 e. The second kappa shape index (κ2) is 7.62. The highest BCUT2D eigenvalue weighted by Gasteiger charge is 2.17. The van der Waals surface area contributed by atoms with E-state index in [4.69, 9.17) is 11.6 Å². The second-order valence-electron chi connectivity index (χ2n) is 6.02. The molecule has 0 atom stereocenters.